The van der Waals surface area contributed by atoms with Gasteiger partial charge in [0.25, 0.3) is 0 Å². The number of rotatable bonds is 5. The average Bonchev–Trinajstić information content (AvgIpc) is 3.23. The number of aromatic nitrogens is 2. The highest BCUT2D eigenvalue weighted by Crippen LogP contribution is 2.22. The minimum Gasteiger partial charge on any atom is -0.343 e. The maximum atomic E-state index is 12.6. The van der Waals surface area contributed by atoms with Gasteiger partial charge in [-0.3, -0.25) is 0 Å². The van der Waals surface area contributed by atoms with Gasteiger partial charge in [0.2, 0.25) is 5.13 Å². The lowest BCUT2D eigenvalue weighted by atomic mass is 10.1. The van der Waals surface area contributed by atoms with Crippen molar-refractivity contribution in [3.63, 3.8) is 0 Å². The standard InChI is InChI=1S/C23H27N5OS/c1-17-8-10-19(11-9-17)14-21-25-23(30-26-21)27-12-13-28(18(2)16-27)22(29)24-15-20-6-4-3-5-7-20/h3-11,18H,12-16H2,1-2H3,(H,24,29)/t18-/m1/s1. The van der Waals surface area contributed by atoms with E-state index in [-0.39, 0.29) is 12.1 Å². The maximum Gasteiger partial charge on any atom is 0.318 e. The summed E-state index contributed by atoms with van der Waals surface area (Å²) in [4.78, 5) is 21.5. The third-order valence-corrected chi connectivity index (χ3v) is 6.20. The van der Waals surface area contributed by atoms with E-state index in [4.69, 9.17) is 4.98 Å². The molecule has 1 atom stereocenters. The molecule has 1 aliphatic heterocycles. The number of urea groups is 1. The first kappa shape index (κ1) is 20.3. The number of benzene rings is 2. The highest BCUT2D eigenvalue weighted by atomic mass is 32.1. The van der Waals surface area contributed by atoms with Gasteiger partial charge < -0.3 is 15.1 Å². The van der Waals surface area contributed by atoms with E-state index in [1.807, 2.05) is 35.2 Å². The molecule has 1 aromatic heterocycles. The number of amides is 2. The van der Waals surface area contributed by atoms with Crippen LogP contribution in [0, 0.1) is 6.92 Å². The molecule has 0 unspecified atom stereocenters. The van der Waals surface area contributed by atoms with Crippen LogP contribution in [0.25, 0.3) is 0 Å². The number of hydrogen-bond acceptors (Lipinski definition) is 5. The summed E-state index contributed by atoms with van der Waals surface area (Å²) < 4.78 is 4.55. The van der Waals surface area contributed by atoms with Gasteiger partial charge in [-0.1, -0.05) is 60.2 Å². The van der Waals surface area contributed by atoms with Crippen LogP contribution in [0.5, 0.6) is 0 Å². The summed E-state index contributed by atoms with van der Waals surface area (Å²) in [5.74, 6) is 0.856. The Morgan fingerprint density at radius 1 is 1.10 bits per heavy atom. The fourth-order valence-corrected chi connectivity index (χ4v) is 4.36. The Morgan fingerprint density at radius 2 is 1.87 bits per heavy atom. The molecule has 0 radical (unpaired) electrons. The van der Waals surface area contributed by atoms with E-state index in [1.165, 1.54) is 22.7 Å². The van der Waals surface area contributed by atoms with Crippen molar-refractivity contribution in [1.29, 1.82) is 0 Å². The van der Waals surface area contributed by atoms with Gasteiger partial charge in [0, 0.05) is 50.2 Å². The topological polar surface area (TPSA) is 61.4 Å². The second-order valence-corrected chi connectivity index (χ2v) is 8.52. The van der Waals surface area contributed by atoms with Gasteiger partial charge in [-0.2, -0.15) is 4.37 Å². The monoisotopic (exact) mass is 421 g/mol. The van der Waals surface area contributed by atoms with E-state index in [1.54, 1.807) is 0 Å². The summed E-state index contributed by atoms with van der Waals surface area (Å²) in [7, 11) is 0. The fraction of sp³-hybridized carbons (Fsp3) is 0.348. The molecule has 0 aliphatic carbocycles. The van der Waals surface area contributed by atoms with Crippen molar-refractivity contribution in [2.24, 2.45) is 0 Å². The molecule has 1 N–H and O–H groups in total. The number of anilines is 1. The first-order valence-corrected chi connectivity index (χ1v) is 11.1. The van der Waals surface area contributed by atoms with Crippen LogP contribution in [0.1, 0.15) is 29.4 Å². The molecular formula is C23H27N5OS. The molecule has 2 aromatic carbocycles. The van der Waals surface area contributed by atoms with Crippen LogP contribution < -0.4 is 10.2 Å². The molecule has 1 saturated heterocycles. The molecule has 2 heterocycles. The Morgan fingerprint density at radius 3 is 2.60 bits per heavy atom. The zero-order valence-electron chi connectivity index (χ0n) is 17.4. The van der Waals surface area contributed by atoms with Gasteiger partial charge in [0.05, 0.1) is 0 Å². The second kappa shape index (κ2) is 9.26. The molecular weight excluding hydrogens is 394 g/mol. The summed E-state index contributed by atoms with van der Waals surface area (Å²) in [6.45, 7) is 6.93. The zero-order chi connectivity index (χ0) is 20.9. The Bertz CT molecular complexity index is 973. The van der Waals surface area contributed by atoms with Crippen molar-refractivity contribution in [3.05, 3.63) is 77.1 Å². The van der Waals surface area contributed by atoms with Gasteiger partial charge in [-0.25, -0.2) is 9.78 Å². The minimum absolute atomic E-state index is 0.0108. The van der Waals surface area contributed by atoms with Gasteiger partial charge in [-0.15, -0.1) is 0 Å². The number of carbonyl (C=O) groups excluding carboxylic acids is 1. The number of nitrogens with zero attached hydrogens (tertiary/aromatic N) is 4. The molecule has 7 heteroatoms. The van der Waals surface area contributed by atoms with Crippen LogP contribution in [-0.2, 0) is 13.0 Å². The first-order chi connectivity index (χ1) is 14.6. The largest absolute Gasteiger partial charge is 0.343 e. The summed E-state index contributed by atoms with van der Waals surface area (Å²) in [5.41, 5.74) is 3.58. The van der Waals surface area contributed by atoms with Crippen molar-refractivity contribution in [1.82, 2.24) is 19.6 Å². The van der Waals surface area contributed by atoms with E-state index in [9.17, 15) is 4.79 Å². The van der Waals surface area contributed by atoms with Crippen molar-refractivity contribution >= 4 is 22.7 Å². The number of hydrogen-bond donors (Lipinski definition) is 1. The number of piperazine rings is 1. The molecule has 0 spiro atoms. The Balaban J connectivity index is 1.31. The van der Waals surface area contributed by atoms with Crippen LogP contribution in [0.15, 0.2) is 54.6 Å². The number of carbonyl (C=O) groups is 1. The van der Waals surface area contributed by atoms with Crippen LogP contribution in [-0.4, -0.2) is 46.0 Å². The summed E-state index contributed by atoms with van der Waals surface area (Å²) in [6, 6.07) is 18.6. The smallest absolute Gasteiger partial charge is 0.318 e. The van der Waals surface area contributed by atoms with E-state index in [2.05, 4.69) is 52.7 Å². The average molecular weight is 422 g/mol. The minimum atomic E-state index is -0.0108. The number of aryl methyl sites for hydroxylation is 1. The summed E-state index contributed by atoms with van der Waals surface area (Å²) in [5, 5.41) is 3.97. The quantitative estimate of drug-likeness (QED) is 0.680. The predicted octanol–water partition coefficient (Wildman–Crippen LogP) is 3.86. The van der Waals surface area contributed by atoms with E-state index < -0.39 is 0 Å². The normalized spacial score (nSPS) is 16.5. The lowest BCUT2D eigenvalue weighted by Crippen LogP contribution is -2.56. The molecule has 156 valence electrons. The molecule has 2 amide bonds. The molecule has 1 fully saturated rings. The number of nitrogens with one attached hydrogen (secondary N) is 1. The van der Waals surface area contributed by atoms with Gasteiger partial charge in [0.1, 0.15) is 5.82 Å². The van der Waals surface area contributed by atoms with Crippen molar-refractivity contribution < 1.29 is 4.79 Å². The zero-order valence-corrected chi connectivity index (χ0v) is 18.2. The van der Waals surface area contributed by atoms with Gasteiger partial charge in [0.15, 0.2) is 0 Å². The summed E-state index contributed by atoms with van der Waals surface area (Å²) in [6.07, 6.45) is 0.744. The fourth-order valence-electron chi connectivity index (χ4n) is 3.64. The Kier molecular flexibility index (Phi) is 6.28. The second-order valence-electron chi connectivity index (χ2n) is 7.79. The van der Waals surface area contributed by atoms with Crippen molar-refractivity contribution in [3.8, 4) is 0 Å². The predicted molar refractivity (Wildman–Crippen MR) is 121 cm³/mol. The molecule has 30 heavy (non-hydrogen) atoms. The van der Waals surface area contributed by atoms with Gasteiger partial charge in [-0.05, 0) is 25.0 Å². The van der Waals surface area contributed by atoms with Crippen molar-refractivity contribution in [2.45, 2.75) is 32.9 Å². The highest BCUT2D eigenvalue weighted by molar-refractivity contribution is 7.09. The third-order valence-electron chi connectivity index (χ3n) is 5.39. The lowest BCUT2D eigenvalue weighted by Gasteiger charge is -2.39. The third kappa shape index (κ3) is 4.97. The Hall–Kier alpha value is -2.93. The highest BCUT2D eigenvalue weighted by Gasteiger charge is 2.28. The molecule has 0 bridgehead atoms. The molecule has 0 saturated carbocycles. The van der Waals surface area contributed by atoms with Crippen LogP contribution in [0.3, 0.4) is 0 Å². The SMILES string of the molecule is Cc1ccc(Cc2nsc(N3CCN(C(=O)NCc4ccccc4)[C@H](C)C3)n2)cc1. The van der Waals surface area contributed by atoms with E-state index >= 15 is 0 Å². The van der Waals surface area contributed by atoms with E-state index in [0.29, 0.717) is 13.1 Å². The molecule has 1 aliphatic rings. The lowest BCUT2D eigenvalue weighted by molar-refractivity contribution is 0.171. The van der Waals surface area contributed by atoms with Crippen LogP contribution >= 0.6 is 11.5 Å². The summed E-state index contributed by atoms with van der Waals surface area (Å²) >= 11 is 1.44. The maximum absolute atomic E-state index is 12.6. The van der Waals surface area contributed by atoms with Crippen molar-refractivity contribution in [2.75, 3.05) is 24.5 Å². The van der Waals surface area contributed by atoms with Gasteiger partial charge >= 0.3 is 6.03 Å². The first-order valence-electron chi connectivity index (χ1n) is 10.3. The van der Waals surface area contributed by atoms with E-state index in [0.717, 1.165) is 36.0 Å². The van der Waals surface area contributed by atoms with Crippen LogP contribution in [0.2, 0.25) is 0 Å². The molecule has 3 aromatic rings. The molecule has 6 nitrogen and oxygen atoms in total. The Labute approximate surface area is 181 Å². The molecule has 4 rings (SSSR count). The van der Waals surface area contributed by atoms with Crippen LogP contribution in [0.4, 0.5) is 9.93 Å².